The molecule has 0 saturated heterocycles. The van der Waals surface area contributed by atoms with Crippen LogP contribution in [0.5, 0.6) is 0 Å². The predicted molar refractivity (Wildman–Crippen MR) is 110 cm³/mol. The maximum Gasteiger partial charge on any atom is 0.295 e. The van der Waals surface area contributed by atoms with Gasteiger partial charge in [-0.05, 0) is 70.2 Å². The van der Waals surface area contributed by atoms with Gasteiger partial charge in [-0.25, -0.2) is 4.98 Å². The van der Waals surface area contributed by atoms with Crippen LogP contribution < -0.4 is 4.90 Å². The number of aryl methyl sites for hydroxylation is 2. The van der Waals surface area contributed by atoms with E-state index in [0.29, 0.717) is 12.3 Å². The summed E-state index contributed by atoms with van der Waals surface area (Å²) in [5.74, 6) is 0.203. The molecule has 0 spiro atoms. The number of nitrogens with zero attached hydrogens (tertiary/aromatic N) is 3. The second kappa shape index (κ2) is 8.66. The Balaban J connectivity index is 0.00000243. The molecule has 0 aliphatic rings. The minimum atomic E-state index is -0.141. The molecular weight excluding hydrogens is 370 g/mol. The lowest BCUT2D eigenvalue weighted by atomic mass is 10.1. The lowest BCUT2D eigenvalue weighted by Crippen LogP contribution is -2.33. The van der Waals surface area contributed by atoms with Gasteiger partial charge in [0, 0.05) is 6.54 Å². The van der Waals surface area contributed by atoms with Gasteiger partial charge in [-0.2, -0.15) is 0 Å². The first kappa shape index (κ1) is 20.4. The number of benzene rings is 1. The van der Waals surface area contributed by atoms with E-state index in [1.807, 2.05) is 14.1 Å². The number of carbonyl (C=O) groups excluding carboxylic acids is 1. The van der Waals surface area contributed by atoms with Gasteiger partial charge in [0.2, 0.25) is 0 Å². The van der Waals surface area contributed by atoms with E-state index in [-0.39, 0.29) is 18.3 Å². The van der Waals surface area contributed by atoms with E-state index in [1.165, 1.54) is 11.8 Å². The number of aromatic nitrogens is 1. The number of hydrogen-bond donors (Lipinski definition) is 0. The molecule has 7 heteroatoms. The quantitative estimate of drug-likeness (QED) is 0.617. The SMILES string of the molecule is Cc1cc(C)c2nc(N(CCCN(C)C)C(=O)c3ccco3)sc2c1.Cl. The number of thiazole rings is 1. The highest BCUT2D eigenvalue weighted by Crippen LogP contribution is 2.32. The molecule has 0 fully saturated rings. The van der Waals surface area contributed by atoms with Crippen molar-refractivity contribution >= 4 is 45.0 Å². The molecule has 1 aromatic carbocycles. The van der Waals surface area contributed by atoms with Crippen LogP contribution in [0.25, 0.3) is 10.2 Å². The van der Waals surface area contributed by atoms with Crippen LogP contribution >= 0.6 is 23.7 Å². The number of carbonyl (C=O) groups is 1. The van der Waals surface area contributed by atoms with Crippen LogP contribution in [0.4, 0.5) is 5.13 Å². The van der Waals surface area contributed by atoms with Crippen molar-refractivity contribution < 1.29 is 9.21 Å². The van der Waals surface area contributed by atoms with Crippen molar-refractivity contribution in [3.63, 3.8) is 0 Å². The molecule has 5 nitrogen and oxygen atoms in total. The van der Waals surface area contributed by atoms with Crippen LogP contribution in [0.3, 0.4) is 0 Å². The summed E-state index contributed by atoms with van der Waals surface area (Å²) >= 11 is 1.56. The normalized spacial score (nSPS) is 11.0. The Morgan fingerprint density at radius 1 is 1.23 bits per heavy atom. The van der Waals surface area contributed by atoms with E-state index in [4.69, 9.17) is 9.40 Å². The summed E-state index contributed by atoms with van der Waals surface area (Å²) < 4.78 is 6.43. The van der Waals surface area contributed by atoms with Crippen LogP contribution in [0.2, 0.25) is 0 Å². The summed E-state index contributed by atoms with van der Waals surface area (Å²) in [5, 5.41) is 0.726. The fraction of sp³-hybridized carbons (Fsp3) is 0.368. The number of anilines is 1. The van der Waals surface area contributed by atoms with Gasteiger partial charge in [-0.3, -0.25) is 9.69 Å². The third kappa shape index (κ3) is 4.44. The molecule has 1 amide bonds. The highest BCUT2D eigenvalue weighted by molar-refractivity contribution is 7.22. The third-order valence-corrected chi connectivity index (χ3v) is 5.04. The smallest absolute Gasteiger partial charge is 0.295 e. The highest BCUT2D eigenvalue weighted by atomic mass is 35.5. The van der Waals surface area contributed by atoms with E-state index in [0.717, 1.165) is 33.9 Å². The molecule has 26 heavy (non-hydrogen) atoms. The highest BCUT2D eigenvalue weighted by Gasteiger charge is 2.23. The summed E-state index contributed by atoms with van der Waals surface area (Å²) in [6.07, 6.45) is 2.39. The second-order valence-corrected chi connectivity index (χ2v) is 7.53. The molecule has 3 rings (SSSR count). The summed E-state index contributed by atoms with van der Waals surface area (Å²) in [6, 6.07) is 7.68. The van der Waals surface area contributed by atoms with Gasteiger partial charge in [-0.15, -0.1) is 12.4 Å². The maximum atomic E-state index is 12.9. The first-order valence-electron chi connectivity index (χ1n) is 8.33. The standard InChI is InChI=1S/C19H23N3O2S.ClH/c1-13-11-14(2)17-16(12-13)25-19(20-17)22(9-6-8-21(3)4)18(23)15-7-5-10-24-15;/h5,7,10-12H,6,8-9H2,1-4H3;1H. The van der Waals surface area contributed by atoms with Crippen molar-refractivity contribution in [1.29, 1.82) is 0 Å². The molecule has 0 aliphatic carbocycles. The summed E-state index contributed by atoms with van der Waals surface area (Å²) in [7, 11) is 4.06. The van der Waals surface area contributed by atoms with Crippen LogP contribution in [0.15, 0.2) is 34.9 Å². The van der Waals surface area contributed by atoms with Gasteiger partial charge in [0.1, 0.15) is 0 Å². The fourth-order valence-electron chi connectivity index (χ4n) is 2.84. The van der Waals surface area contributed by atoms with Gasteiger partial charge >= 0.3 is 0 Å². The molecule has 3 aromatic rings. The zero-order chi connectivity index (χ0) is 18.0. The minimum absolute atomic E-state index is 0. The van der Waals surface area contributed by atoms with Crippen molar-refractivity contribution in [2.45, 2.75) is 20.3 Å². The Labute approximate surface area is 164 Å². The van der Waals surface area contributed by atoms with Gasteiger partial charge in [0.15, 0.2) is 10.9 Å². The largest absolute Gasteiger partial charge is 0.459 e. The number of fused-ring (bicyclic) bond motifs is 1. The van der Waals surface area contributed by atoms with Crippen LogP contribution in [0, 0.1) is 13.8 Å². The van der Waals surface area contributed by atoms with Crippen molar-refractivity contribution in [2.75, 3.05) is 32.1 Å². The molecule has 0 unspecified atom stereocenters. The van der Waals surface area contributed by atoms with Crippen LogP contribution in [0.1, 0.15) is 28.1 Å². The van der Waals surface area contributed by atoms with Gasteiger partial charge in [-0.1, -0.05) is 17.4 Å². The summed E-state index contributed by atoms with van der Waals surface area (Å²) in [4.78, 5) is 21.5. The third-order valence-electron chi connectivity index (χ3n) is 4.01. The number of hydrogen-bond acceptors (Lipinski definition) is 5. The van der Waals surface area contributed by atoms with Crippen molar-refractivity contribution in [1.82, 2.24) is 9.88 Å². The van der Waals surface area contributed by atoms with E-state index >= 15 is 0 Å². The monoisotopic (exact) mass is 393 g/mol. The van der Waals surface area contributed by atoms with E-state index in [9.17, 15) is 4.79 Å². The summed E-state index contributed by atoms with van der Waals surface area (Å²) in [6.45, 7) is 5.65. The van der Waals surface area contributed by atoms with E-state index < -0.39 is 0 Å². The van der Waals surface area contributed by atoms with Crippen LogP contribution in [-0.2, 0) is 0 Å². The van der Waals surface area contributed by atoms with Crippen molar-refractivity contribution in [3.05, 3.63) is 47.4 Å². The number of rotatable bonds is 6. The van der Waals surface area contributed by atoms with Crippen LogP contribution in [-0.4, -0.2) is 43.0 Å². The Morgan fingerprint density at radius 3 is 2.65 bits per heavy atom. The molecule has 0 atom stereocenters. The number of furan rings is 1. The topological polar surface area (TPSA) is 49.6 Å². The van der Waals surface area contributed by atoms with Gasteiger partial charge in [0.25, 0.3) is 5.91 Å². The van der Waals surface area contributed by atoms with E-state index in [1.54, 1.807) is 28.4 Å². The molecular formula is C19H24ClN3O2S. The lowest BCUT2D eigenvalue weighted by Gasteiger charge is -2.19. The van der Waals surface area contributed by atoms with Gasteiger partial charge < -0.3 is 9.32 Å². The van der Waals surface area contributed by atoms with Crippen molar-refractivity contribution in [3.8, 4) is 0 Å². The molecule has 0 bridgehead atoms. The Kier molecular flexibility index (Phi) is 6.81. The zero-order valence-corrected chi connectivity index (χ0v) is 17.1. The van der Waals surface area contributed by atoms with Crippen molar-refractivity contribution in [2.24, 2.45) is 0 Å². The Hall–Kier alpha value is -1.89. The first-order valence-corrected chi connectivity index (χ1v) is 9.15. The Morgan fingerprint density at radius 2 is 2.00 bits per heavy atom. The van der Waals surface area contributed by atoms with Gasteiger partial charge in [0.05, 0.1) is 16.5 Å². The fourth-order valence-corrected chi connectivity index (χ4v) is 4.00. The molecule has 0 N–H and O–H groups in total. The average molecular weight is 394 g/mol. The average Bonchev–Trinajstić information content (AvgIpc) is 3.20. The second-order valence-electron chi connectivity index (χ2n) is 6.52. The predicted octanol–water partition coefficient (Wildman–Crippen LogP) is 4.53. The minimum Gasteiger partial charge on any atom is -0.459 e. The molecule has 2 heterocycles. The zero-order valence-electron chi connectivity index (χ0n) is 15.5. The molecule has 0 aliphatic heterocycles. The first-order chi connectivity index (χ1) is 12.0. The molecule has 0 radical (unpaired) electrons. The number of halogens is 1. The number of amides is 1. The summed E-state index contributed by atoms with van der Waals surface area (Å²) in [5.41, 5.74) is 3.31. The van der Waals surface area contributed by atoms with E-state index in [2.05, 4.69) is 30.9 Å². The molecule has 140 valence electrons. The molecule has 2 aromatic heterocycles. The molecule has 0 saturated carbocycles. The lowest BCUT2D eigenvalue weighted by molar-refractivity contribution is 0.0959. The maximum absolute atomic E-state index is 12.9. The Bertz CT molecular complexity index is 874.